The van der Waals surface area contributed by atoms with Gasteiger partial charge in [0.2, 0.25) is 0 Å². The molecule has 2 aliphatic rings. The number of hydrogen-bond acceptors (Lipinski definition) is 2. The van der Waals surface area contributed by atoms with Crippen LogP contribution in [-0.2, 0) is 0 Å². The zero-order valence-electron chi connectivity index (χ0n) is 12.7. The first-order valence-corrected chi connectivity index (χ1v) is 8.10. The summed E-state index contributed by atoms with van der Waals surface area (Å²) in [5, 5.41) is 3.66. The lowest BCUT2D eigenvalue weighted by Crippen LogP contribution is -2.48. The van der Waals surface area contributed by atoms with Gasteiger partial charge in [-0.25, -0.2) is 0 Å². The highest BCUT2D eigenvalue weighted by Crippen LogP contribution is 2.32. The van der Waals surface area contributed by atoms with E-state index >= 15 is 0 Å². The summed E-state index contributed by atoms with van der Waals surface area (Å²) >= 11 is 0. The van der Waals surface area contributed by atoms with Crippen molar-refractivity contribution in [1.29, 1.82) is 0 Å². The maximum absolute atomic E-state index is 3.66. The maximum atomic E-state index is 3.66. The van der Waals surface area contributed by atoms with Gasteiger partial charge in [0, 0.05) is 18.1 Å². The van der Waals surface area contributed by atoms with E-state index in [1.807, 2.05) is 0 Å². The molecule has 0 spiro atoms. The minimum Gasteiger partial charge on any atom is -0.314 e. The summed E-state index contributed by atoms with van der Waals surface area (Å²) in [6, 6.07) is 0.850. The Hall–Kier alpha value is -0.0800. The summed E-state index contributed by atoms with van der Waals surface area (Å²) in [7, 11) is 2.18. The fourth-order valence-corrected chi connectivity index (χ4v) is 4.10. The Balaban J connectivity index is 1.85. The third-order valence-corrected chi connectivity index (χ3v) is 5.40. The number of rotatable bonds is 5. The van der Waals surface area contributed by atoms with E-state index in [2.05, 4.69) is 31.1 Å². The lowest BCUT2D eigenvalue weighted by Gasteiger charge is -2.39. The van der Waals surface area contributed by atoms with Crippen LogP contribution in [0.25, 0.3) is 0 Å². The van der Waals surface area contributed by atoms with Crippen LogP contribution in [0.4, 0.5) is 0 Å². The summed E-state index contributed by atoms with van der Waals surface area (Å²) in [5.41, 5.74) is 0.461. The van der Waals surface area contributed by atoms with Gasteiger partial charge in [-0.05, 0) is 51.6 Å². The summed E-state index contributed by atoms with van der Waals surface area (Å²) in [6.07, 6.45) is 11.3. The van der Waals surface area contributed by atoms with Crippen molar-refractivity contribution in [3.05, 3.63) is 0 Å². The van der Waals surface area contributed by atoms with Crippen LogP contribution in [-0.4, -0.2) is 36.6 Å². The Labute approximate surface area is 114 Å². The monoisotopic (exact) mass is 252 g/mol. The van der Waals surface area contributed by atoms with Crippen molar-refractivity contribution in [2.45, 2.75) is 76.8 Å². The first-order chi connectivity index (χ1) is 8.67. The Kier molecular flexibility index (Phi) is 5.08. The Morgan fingerprint density at radius 3 is 2.50 bits per heavy atom. The molecule has 18 heavy (non-hydrogen) atoms. The summed E-state index contributed by atoms with van der Waals surface area (Å²) in [6.45, 7) is 7.42. The molecule has 1 saturated carbocycles. The molecule has 2 rings (SSSR count). The molecule has 1 N–H and O–H groups in total. The predicted octanol–water partition coefficient (Wildman–Crippen LogP) is 3.42. The molecule has 0 aromatic rings. The second kappa shape index (κ2) is 6.38. The van der Waals surface area contributed by atoms with Crippen molar-refractivity contribution in [2.24, 2.45) is 5.92 Å². The predicted molar refractivity (Wildman–Crippen MR) is 78.9 cm³/mol. The molecule has 1 heterocycles. The lowest BCUT2D eigenvalue weighted by atomic mass is 9.79. The normalized spacial score (nSPS) is 29.0. The van der Waals surface area contributed by atoms with Crippen molar-refractivity contribution in [3.8, 4) is 0 Å². The van der Waals surface area contributed by atoms with Crippen LogP contribution in [0.3, 0.4) is 0 Å². The number of likely N-dealkylation sites (tertiary alicyclic amines) is 1. The van der Waals surface area contributed by atoms with Gasteiger partial charge in [0.15, 0.2) is 0 Å². The van der Waals surface area contributed by atoms with Crippen LogP contribution in [0.5, 0.6) is 0 Å². The van der Waals surface area contributed by atoms with Crippen LogP contribution in [0.1, 0.15) is 65.2 Å². The van der Waals surface area contributed by atoms with Crippen LogP contribution in [0.15, 0.2) is 0 Å². The molecule has 0 bridgehead atoms. The standard InChI is InChI=1S/C16H32N2/c1-14(2)15-8-7-12-18(15)13-11-16(17-3)9-5-4-6-10-16/h14-15,17H,4-13H2,1-3H3. The molecule has 2 fully saturated rings. The second-order valence-electron chi connectivity index (χ2n) is 6.83. The SMILES string of the molecule is CNC1(CCN2CCCC2C(C)C)CCCCC1. The molecule has 0 amide bonds. The van der Waals surface area contributed by atoms with Crippen molar-refractivity contribution in [3.63, 3.8) is 0 Å². The van der Waals surface area contributed by atoms with Gasteiger partial charge < -0.3 is 10.2 Å². The van der Waals surface area contributed by atoms with Gasteiger partial charge in [-0.2, -0.15) is 0 Å². The van der Waals surface area contributed by atoms with E-state index in [0.29, 0.717) is 5.54 Å². The van der Waals surface area contributed by atoms with Crippen molar-refractivity contribution in [2.75, 3.05) is 20.1 Å². The topological polar surface area (TPSA) is 15.3 Å². The molecule has 1 aliphatic carbocycles. The van der Waals surface area contributed by atoms with Gasteiger partial charge in [0.1, 0.15) is 0 Å². The fourth-order valence-electron chi connectivity index (χ4n) is 4.10. The summed E-state index contributed by atoms with van der Waals surface area (Å²) < 4.78 is 0. The van der Waals surface area contributed by atoms with Gasteiger partial charge in [-0.15, -0.1) is 0 Å². The smallest absolute Gasteiger partial charge is 0.0190 e. The molecule has 0 aromatic heterocycles. The zero-order valence-corrected chi connectivity index (χ0v) is 12.7. The van der Waals surface area contributed by atoms with Crippen LogP contribution in [0, 0.1) is 5.92 Å². The lowest BCUT2D eigenvalue weighted by molar-refractivity contribution is 0.156. The zero-order chi connectivity index (χ0) is 13.0. The van der Waals surface area contributed by atoms with Crippen molar-refractivity contribution in [1.82, 2.24) is 10.2 Å². The van der Waals surface area contributed by atoms with Gasteiger partial charge in [0.05, 0.1) is 0 Å². The Bertz CT molecular complexity index is 243. The average Bonchev–Trinajstić information content (AvgIpc) is 2.86. The highest BCUT2D eigenvalue weighted by atomic mass is 15.2. The third kappa shape index (κ3) is 3.27. The second-order valence-corrected chi connectivity index (χ2v) is 6.83. The summed E-state index contributed by atoms with van der Waals surface area (Å²) in [5.74, 6) is 0.824. The molecule has 1 atom stereocenters. The van der Waals surface area contributed by atoms with E-state index in [-0.39, 0.29) is 0 Å². The van der Waals surface area contributed by atoms with Crippen molar-refractivity contribution >= 4 is 0 Å². The molecule has 2 nitrogen and oxygen atoms in total. The van der Waals surface area contributed by atoms with Gasteiger partial charge >= 0.3 is 0 Å². The first-order valence-electron chi connectivity index (χ1n) is 8.10. The van der Waals surface area contributed by atoms with Gasteiger partial charge in [-0.1, -0.05) is 33.1 Å². The quantitative estimate of drug-likeness (QED) is 0.806. The molecule has 106 valence electrons. The Morgan fingerprint density at radius 2 is 1.89 bits per heavy atom. The molecular weight excluding hydrogens is 220 g/mol. The molecule has 1 aliphatic heterocycles. The van der Waals surface area contributed by atoms with E-state index in [0.717, 1.165) is 12.0 Å². The van der Waals surface area contributed by atoms with E-state index in [9.17, 15) is 0 Å². The fraction of sp³-hybridized carbons (Fsp3) is 1.00. The van der Waals surface area contributed by atoms with E-state index in [4.69, 9.17) is 0 Å². The molecule has 0 aromatic carbocycles. The first kappa shape index (κ1) is 14.3. The maximum Gasteiger partial charge on any atom is 0.0190 e. The van der Waals surface area contributed by atoms with Gasteiger partial charge in [-0.3, -0.25) is 0 Å². The number of nitrogens with one attached hydrogen (secondary N) is 1. The number of nitrogens with zero attached hydrogens (tertiary/aromatic N) is 1. The van der Waals surface area contributed by atoms with Crippen molar-refractivity contribution < 1.29 is 0 Å². The molecule has 1 unspecified atom stereocenters. The average molecular weight is 252 g/mol. The van der Waals surface area contributed by atoms with Crippen LogP contribution >= 0.6 is 0 Å². The minimum absolute atomic E-state index is 0.461. The largest absolute Gasteiger partial charge is 0.314 e. The van der Waals surface area contributed by atoms with Crippen LogP contribution < -0.4 is 5.32 Å². The highest BCUT2D eigenvalue weighted by Gasteiger charge is 2.33. The summed E-state index contributed by atoms with van der Waals surface area (Å²) in [4.78, 5) is 2.76. The van der Waals surface area contributed by atoms with Crippen LogP contribution in [0.2, 0.25) is 0 Å². The van der Waals surface area contributed by atoms with Gasteiger partial charge in [0.25, 0.3) is 0 Å². The Morgan fingerprint density at radius 1 is 1.17 bits per heavy atom. The minimum atomic E-state index is 0.461. The number of hydrogen-bond donors (Lipinski definition) is 1. The molecule has 2 heteroatoms. The van der Waals surface area contributed by atoms with E-state index in [1.54, 1.807) is 0 Å². The van der Waals surface area contributed by atoms with E-state index < -0.39 is 0 Å². The molecule has 1 saturated heterocycles. The molecular formula is C16H32N2. The molecule has 0 radical (unpaired) electrons. The van der Waals surface area contributed by atoms with E-state index in [1.165, 1.54) is 64.5 Å². The third-order valence-electron chi connectivity index (χ3n) is 5.40. The highest BCUT2D eigenvalue weighted by molar-refractivity contribution is 4.92.